The van der Waals surface area contributed by atoms with Crippen LogP contribution in [0.1, 0.15) is 0 Å². The minimum Gasteiger partial charge on any atom is -0.394 e. The van der Waals surface area contributed by atoms with Crippen LogP contribution in [0, 0.1) is 0 Å². The Hall–Kier alpha value is -1.28. The third-order valence-electron chi connectivity index (χ3n) is 13.0. The maximum absolute atomic E-state index is 11.6. The van der Waals surface area contributed by atoms with Gasteiger partial charge in [-0.2, -0.15) is 0 Å². The summed E-state index contributed by atoms with van der Waals surface area (Å²) in [7, 11) is 0. The Morgan fingerprint density at radius 1 is 0.300 bits per heavy atom. The van der Waals surface area contributed by atoms with E-state index in [1.54, 1.807) is 0 Å². The van der Waals surface area contributed by atoms with E-state index in [0.29, 0.717) is 0 Å². The minimum absolute atomic E-state index is 0.545. The van der Waals surface area contributed by atoms with Gasteiger partial charge in [-0.3, -0.25) is 0 Å². The largest absolute Gasteiger partial charge is 0.394 e. The van der Waals surface area contributed by atoms with Crippen molar-refractivity contribution in [1.82, 2.24) is 0 Å². The second-order valence-corrected chi connectivity index (χ2v) is 17.8. The highest BCUT2D eigenvalue weighted by Crippen LogP contribution is 2.35. The van der Waals surface area contributed by atoms with Gasteiger partial charge in [-0.15, -0.1) is 0 Å². The third kappa shape index (κ3) is 11.7. The molecule has 0 aliphatic carbocycles. The Labute approximate surface area is 395 Å². The topological polar surface area (TPSA) is 504 Å². The molecule has 0 aromatic heterocycles. The zero-order valence-electron chi connectivity index (χ0n) is 36.7. The van der Waals surface area contributed by atoms with Crippen molar-refractivity contribution in [2.45, 2.75) is 191 Å². The molecule has 32 nitrogen and oxygen atoms in total. The lowest BCUT2D eigenvalue weighted by molar-refractivity contribution is -0.385. The van der Waals surface area contributed by atoms with Gasteiger partial charge in [-0.25, -0.2) is 0 Å². The van der Waals surface area contributed by atoms with Gasteiger partial charge >= 0.3 is 0 Å². The highest BCUT2D eigenvalue weighted by atomic mass is 16.8. The predicted molar refractivity (Wildman–Crippen MR) is 208 cm³/mol. The molecule has 7 saturated heterocycles. The summed E-state index contributed by atoms with van der Waals surface area (Å²) >= 11 is 0. The average molecular weight is 1030 g/mol. The number of hydrogen-bond donors (Lipinski definition) is 19. The molecule has 70 heavy (non-hydrogen) atoms. The summed E-state index contributed by atoms with van der Waals surface area (Å²) in [5.74, 6) is 0. The number of aliphatic hydroxyl groups is 19. The first kappa shape index (κ1) is 56.4. The van der Waals surface area contributed by atoms with Crippen LogP contribution in [0.5, 0.6) is 0 Å². The highest BCUT2D eigenvalue weighted by Gasteiger charge is 2.56. The molecule has 7 heterocycles. The minimum atomic E-state index is -2.21. The van der Waals surface area contributed by atoms with Crippen LogP contribution in [-0.4, -0.2) is 334 Å². The summed E-state index contributed by atoms with van der Waals surface area (Å²) in [5, 5.41) is 200. The maximum atomic E-state index is 11.6. The third-order valence-corrected chi connectivity index (χ3v) is 13.0. The van der Waals surface area contributed by atoms with E-state index in [1.165, 1.54) is 0 Å². The Kier molecular flexibility index (Phi) is 19.5. The van der Waals surface area contributed by atoms with Crippen LogP contribution in [0.4, 0.5) is 0 Å². The first-order chi connectivity index (χ1) is 33.2. The van der Waals surface area contributed by atoms with Crippen molar-refractivity contribution < 1.29 is 159 Å². The van der Waals surface area contributed by atoms with Gasteiger partial charge in [0.25, 0.3) is 0 Å². The lowest BCUT2D eigenvalue weighted by Crippen LogP contribution is -2.67. The van der Waals surface area contributed by atoms with Crippen LogP contribution in [-0.2, 0) is 61.6 Å². The Balaban J connectivity index is 1.09. The normalized spacial score (nSPS) is 53.6. The van der Waals surface area contributed by atoms with Crippen molar-refractivity contribution in [1.29, 1.82) is 0 Å². The van der Waals surface area contributed by atoms with Gasteiger partial charge in [-0.1, -0.05) is 0 Å². The van der Waals surface area contributed by atoms with Crippen LogP contribution in [0.3, 0.4) is 0 Å². The van der Waals surface area contributed by atoms with Crippen molar-refractivity contribution in [3.8, 4) is 0 Å². The second-order valence-electron chi connectivity index (χ2n) is 17.8. The molecule has 0 aromatic carbocycles. The van der Waals surface area contributed by atoms with E-state index in [9.17, 15) is 97.0 Å². The number of aliphatic hydroxyl groups excluding tert-OH is 19. The SMILES string of the molecule is OC[C@@H]1O[C@@H](O[C@H]2[C@@H](OC[C@H]3O[C@@H](O[C@H]4[C@H](O)[C@@H](O)[C@H](O[C@H]5[C@H](O)[C@@H](O)[C@H](O)O[C@@H]5CO)O[C@@H]4CO[C@H]4OC[C@@H](O)[C@H](O)[C@H]4O[C@@H]4O[C@@H](CO)[C@H](O)[C@H]4O)[C@H](O)[C@@H](O)[C@@H]3O)OC[C@@H](O)[C@@H]2O)[C@H](O)[C@H]1O. The van der Waals surface area contributed by atoms with Crippen molar-refractivity contribution in [3.05, 3.63) is 0 Å². The summed E-state index contributed by atoms with van der Waals surface area (Å²) in [6.07, 6.45) is -56.2. The Morgan fingerprint density at radius 3 is 1.09 bits per heavy atom. The molecule has 7 aliphatic heterocycles. The summed E-state index contributed by atoms with van der Waals surface area (Å²) in [6, 6.07) is 0. The average Bonchev–Trinajstić information content (AvgIpc) is 3.78. The molecule has 0 saturated carbocycles. The molecule has 408 valence electrons. The summed E-state index contributed by atoms with van der Waals surface area (Å²) in [4.78, 5) is 0. The molecule has 31 atom stereocenters. The van der Waals surface area contributed by atoms with E-state index in [2.05, 4.69) is 0 Å². The van der Waals surface area contributed by atoms with Crippen LogP contribution in [0.15, 0.2) is 0 Å². The van der Waals surface area contributed by atoms with Gasteiger partial charge in [0.1, 0.15) is 146 Å². The molecule has 19 N–H and O–H groups in total. The number of hydrogen-bond acceptors (Lipinski definition) is 32. The summed E-state index contributed by atoms with van der Waals surface area (Å²) in [5.41, 5.74) is 0. The van der Waals surface area contributed by atoms with E-state index in [0.717, 1.165) is 0 Å². The van der Waals surface area contributed by atoms with Crippen molar-refractivity contribution in [3.63, 3.8) is 0 Å². The lowest BCUT2D eigenvalue weighted by Gasteiger charge is -2.48. The van der Waals surface area contributed by atoms with Crippen LogP contribution in [0.25, 0.3) is 0 Å². The fourth-order valence-corrected chi connectivity index (χ4v) is 8.79. The summed E-state index contributed by atoms with van der Waals surface area (Å²) < 4.78 is 72.9. The van der Waals surface area contributed by atoms with Crippen molar-refractivity contribution in [2.24, 2.45) is 0 Å². The zero-order valence-corrected chi connectivity index (χ0v) is 36.7. The summed E-state index contributed by atoms with van der Waals surface area (Å²) in [6.45, 7) is -5.23. The maximum Gasteiger partial charge on any atom is 0.187 e. The number of ether oxygens (including phenoxy) is 13. The van der Waals surface area contributed by atoms with Gasteiger partial charge in [0.15, 0.2) is 44.0 Å². The molecule has 0 unspecified atom stereocenters. The molecule has 0 spiro atoms. The molecular weight excluding hydrogens is 968 g/mol. The molecular formula is C38H64O32. The van der Waals surface area contributed by atoms with Crippen LogP contribution < -0.4 is 0 Å². The van der Waals surface area contributed by atoms with Crippen LogP contribution in [0.2, 0.25) is 0 Å². The molecule has 7 aliphatic rings. The van der Waals surface area contributed by atoms with E-state index in [1.807, 2.05) is 0 Å². The number of rotatable bonds is 17. The predicted octanol–water partition coefficient (Wildman–Crippen LogP) is -13.7. The van der Waals surface area contributed by atoms with Crippen molar-refractivity contribution >= 4 is 0 Å². The second kappa shape index (κ2) is 24.2. The molecule has 0 aromatic rings. The quantitative estimate of drug-likeness (QED) is 0.0643. The lowest BCUT2D eigenvalue weighted by atomic mass is 9.96. The van der Waals surface area contributed by atoms with E-state index < -0.39 is 237 Å². The Morgan fingerprint density at radius 2 is 0.643 bits per heavy atom. The molecule has 0 bridgehead atoms. The first-order valence-corrected chi connectivity index (χ1v) is 22.3. The highest BCUT2D eigenvalue weighted by molar-refractivity contribution is 4.98. The fourth-order valence-electron chi connectivity index (χ4n) is 8.79. The van der Waals surface area contributed by atoms with Crippen molar-refractivity contribution in [2.75, 3.05) is 46.2 Å². The fraction of sp³-hybridized carbons (Fsp3) is 1.00. The molecule has 0 amide bonds. The van der Waals surface area contributed by atoms with E-state index in [4.69, 9.17) is 61.6 Å². The van der Waals surface area contributed by atoms with Crippen LogP contribution >= 0.6 is 0 Å². The monoisotopic (exact) mass is 1030 g/mol. The molecule has 32 heteroatoms. The standard InChI is InChI=1S/C38H64O32/c39-1-10-17(46)24(53)33(63-10)69-30-15(44)8(42)4-58-37(30)60-6-13-19(48)20(49)26(55)35(65-13)68-29-14(66-36(27(56)22(29)51)67-28-12(3-41)62-32(57)23(52)21(28)50)7-61-38-31(16(45)9(43)5-59-38)70-34-25(54)18(47)11(2-40)64-34/h8-57H,1-7H2/t8-,9-,10+,11+,12-,13-,14-,15+,16+,17+,18+,19-,20+,21-,22-,23-,24-,25-,26-,27-,28-,29-,30-,31-,32-,33+,34+,35+,36+,37-,38-/m1/s1. The first-order valence-electron chi connectivity index (χ1n) is 22.3. The zero-order chi connectivity index (χ0) is 51.0. The molecule has 7 rings (SSSR count). The van der Waals surface area contributed by atoms with E-state index in [-0.39, 0.29) is 0 Å². The van der Waals surface area contributed by atoms with Gasteiger partial charge in [-0.05, 0) is 0 Å². The molecule has 0 radical (unpaired) electrons. The van der Waals surface area contributed by atoms with Gasteiger partial charge in [0.05, 0.1) is 46.2 Å². The van der Waals surface area contributed by atoms with Gasteiger partial charge in [0.2, 0.25) is 0 Å². The van der Waals surface area contributed by atoms with Gasteiger partial charge < -0.3 is 159 Å². The smallest absolute Gasteiger partial charge is 0.187 e. The molecule has 7 fully saturated rings. The van der Waals surface area contributed by atoms with E-state index >= 15 is 0 Å². The van der Waals surface area contributed by atoms with Gasteiger partial charge in [0, 0.05) is 0 Å². The Bertz CT molecular complexity index is 1610.